The van der Waals surface area contributed by atoms with E-state index in [0.29, 0.717) is 6.42 Å². The number of aliphatic hydroxyl groups excluding tert-OH is 1. The number of aliphatic hydroxyl groups is 1. The van der Waals surface area contributed by atoms with E-state index in [4.69, 9.17) is 11.6 Å². The van der Waals surface area contributed by atoms with Crippen LogP contribution in [0.15, 0.2) is 48.5 Å². The van der Waals surface area contributed by atoms with Gasteiger partial charge in [0.15, 0.2) is 0 Å². The Morgan fingerprint density at radius 3 is 2.57 bits per heavy atom. The zero-order valence-electron chi connectivity index (χ0n) is 11.2. The van der Waals surface area contributed by atoms with Crippen LogP contribution in [0.5, 0.6) is 0 Å². The molecule has 0 heterocycles. The summed E-state index contributed by atoms with van der Waals surface area (Å²) in [4.78, 5) is 12.1. The van der Waals surface area contributed by atoms with Crippen molar-refractivity contribution in [2.75, 3.05) is 6.61 Å². The fourth-order valence-electron chi connectivity index (χ4n) is 2.00. The summed E-state index contributed by atoms with van der Waals surface area (Å²) in [5.74, 6) is -0.936. The number of carbonyl (C=O) groups excluding carboxylic acids is 1. The Hall–Kier alpha value is -1.91. The van der Waals surface area contributed by atoms with Gasteiger partial charge in [0.05, 0.1) is 23.2 Å². The van der Waals surface area contributed by atoms with Gasteiger partial charge in [-0.1, -0.05) is 41.9 Å². The highest BCUT2D eigenvalue weighted by atomic mass is 35.5. The molecule has 1 amide bonds. The molecule has 1 atom stereocenters. The second-order valence-electron chi connectivity index (χ2n) is 4.67. The molecule has 0 saturated carbocycles. The third kappa shape index (κ3) is 4.28. The maximum Gasteiger partial charge on any atom is 0.253 e. The highest BCUT2D eigenvalue weighted by Crippen LogP contribution is 2.17. The van der Waals surface area contributed by atoms with E-state index >= 15 is 0 Å². The predicted molar refractivity (Wildman–Crippen MR) is 79.9 cm³/mol. The van der Waals surface area contributed by atoms with Crippen molar-refractivity contribution in [2.45, 2.75) is 12.5 Å². The van der Waals surface area contributed by atoms with Crippen molar-refractivity contribution >= 4 is 17.5 Å². The first-order chi connectivity index (χ1) is 10.1. The lowest BCUT2D eigenvalue weighted by molar-refractivity contribution is 0.0916. The van der Waals surface area contributed by atoms with Gasteiger partial charge in [-0.25, -0.2) is 4.39 Å². The fourth-order valence-corrected chi connectivity index (χ4v) is 2.25. The van der Waals surface area contributed by atoms with Gasteiger partial charge >= 0.3 is 0 Å². The summed E-state index contributed by atoms with van der Waals surface area (Å²) in [6.07, 6.45) is 0.502. The van der Waals surface area contributed by atoms with Gasteiger partial charge in [0.2, 0.25) is 0 Å². The molecule has 2 rings (SSSR count). The summed E-state index contributed by atoms with van der Waals surface area (Å²) < 4.78 is 13.0. The van der Waals surface area contributed by atoms with E-state index in [1.54, 1.807) is 0 Å². The molecule has 0 aliphatic carbocycles. The van der Waals surface area contributed by atoms with Crippen molar-refractivity contribution in [1.82, 2.24) is 5.32 Å². The zero-order valence-corrected chi connectivity index (χ0v) is 12.0. The molecule has 0 aliphatic heterocycles. The molecule has 0 fully saturated rings. The van der Waals surface area contributed by atoms with Crippen LogP contribution in [0.2, 0.25) is 5.02 Å². The molecule has 2 aromatic rings. The smallest absolute Gasteiger partial charge is 0.253 e. The number of nitrogens with one attached hydrogen (secondary N) is 1. The van der Waals surface area contributed by atoms with Gasteiger partial charge in [-0.2, -0.15) is 0 Å². The minimum absolute atomic E-state index is 0.0453. The molecule has 0 aliphatic rings. The highest BCUT2D eigenvalue weighted by Gasteiger charge is 2.16. The van der Waals surface area contributed by atoms with Gasteiger partial charge in [-0.15, -0.1) is 0 Å². The zero-order chi connectivity index (χ0) is 15.2. The molecule has 0 saturated heterocycles. The molecule has 0 bridgehead atoms. The van der Waals surface area contributed by atoms with Crippen LogP contribution < -0.4 is 5.32 Å². The van der Waals surface area contributed by atoms with Gasteiger partial charge in [-0.05, 0) is 30.2 Å². The SMILES string of the molecule is O=C(NC(CO)Cc1ccccc1)c1ccc(F)cc1Cl. The lowest BCUT2D eigenvalue weighted by atomic mass is 10.1. The van der Waals surface area contributed by atoms with Crippen LogP contribution in [0.4, 0.5) is 4.39 Å². The summed E-state index contributed by atoms with van der Waals surface area (Å²) in [5.41, 5.74) is 1.19. The number of amides is 1. The van der Waals surface area contributed by atoms with Crippen LogP contribution in [0.25, 0.3) is 0 Å². The Kier molecular flexibility index (Phi) is 5.31. The number of carbonyl (C=O) groups is 1. The Morgan fingerprint density at radius 1 is 1.24 bits per heavy atom. The molecule has 1 unspecified atom stereocenters. The van der Waals surface area contributed by atoms with Gasteiger partial charge in [0, 0.05) is 0 Å². The first-order valence-electron chi connectivity index (χ1n) is 6.51. The van der Waals surface area contributed by atoms with Crippen LogP contribution in [-0.2, 0) is 6.42 Å². The fraction of sp³-hybridized carbons (Fsp3) is 0.188. The van der Waals surface area contributed by atoms with Crippen LogP contribution in [-0.4, -0.2) is 23.7 Å². The number of rotatable bonds is 5. The summed E-state index contributed by atoms with van der Waals surface area (Å²) in [5, 5.41) is 12.1. The van der Waals surface area contributed by atoms with E-state index < -0.39 is 17.8 Å². The third-order valence-electron chi connectivity index (χ3n) is 3.06. The average molecular weight is 308 g/mol. The molecular formula is C16H15ClFNO2. The molecule has 2 N–H and O–H groups in total. The van der Waals surface area contributed by atoms with Gasteiger partial charge in [0.1, 0.15) is 5.82 Å². The number of halogens is 2. The molecule has 21 heavy (non-hydrogen) atoms. The quantitative estimate of drug-likeness (QED) is 0.892. The van der Waals surface area contributed by atoms with Gasteiger partial charge < -0.3 is 10.4 Å². The lowest BCUT2D eigenvalue weighted by Crippen LogP contribution is -2.39. The Morgan fingerprint density at radius 2 is 1.95 bits per heavy atom. The maximum absolute atomic E-state index is 13.0. The molecule has 0 spiro atoms. The van der Waals surface area contributed by atoms with Gasteiger partial charge in [0.25, 0.3) is 5.91 Å². The Labute approximate surface area is 127 Å². The van der Waals surface area contributed by atoms with Crippen molar-refractivity contribution in [2.24, 2.45) is 0 Å². The van der Waals surface area contributed by atoms with Crippen LogP contribution in [0.1, 0.15) is 15.9 Å². The third-order valence-corrected chi connectivity index (χ3v) is 3.37. The molecule has 3 nitrogen and oxygen atoms in total. The van der Waals surface area contributed by atoms with E-state index in [1.165, 1.54) is 12.1 Å². The Balaban J connectivity index is 2.06. The molecule has 0 aromatic heterocycles. The van der Waals surface area contributed by atoms with E-state index in [9.17, 15) is 14.3 Å². The standard InChI is InChI=1S/C16H15ClFNO2/c17-15-9-12(18)6-7-14(15)16(21)19-13(10-20)8-11-4-2-1-3-5-11/h1-7,9,13,20H,8,10H2,(H,19,21). The summed E-state index contributed by atoms with van der Waals surface area (Å²) in [6, 6.07) is 12.7. The van der Waals surface area contributed by atoms with E-state index in [-0.39, 0.29) is 17.2 Å². The van der Waals surface area contributed by atoms with Gasteiger partial charge in [-0.3, -0.25) is 4.79 Å². The molecule has 0 radical (unpaired) electrons. The largest absolute Gasteiger partial charge is 0.394 e. The highest BCUT2D eigenvalue weighted by molar-refractivity contribution is 6.33. The minimum atomic E-state index is -0.500. The van der Waals surface area contributed by atoms with Crippen LogP contribution in [0.3, 0.4) is 0 Å². The number of hydrogen-bond donors (Lipinski definition) is 2. The predicted octanol–water partition coefficient (Wildman–Crippen LogP) is 2.81. The molecule has 110 valence electrons. The summed E-state index contributed by atoms with van der Waals surface area (Å²) >= 11 is 5.85. The van der Waals surface area contributed by atoms with E-state index in [1.807, 2.05) is 30.3 Å². The second kappa shape index (κ2) is 7.20. The number of benzene rings is 2. The maximum atomic E-state index is 13.0. The van der Waals surface area contributed by atoms with Crippen LogP contribution in [0, 0.1) is 5.82 Å². The lowest BCUT2D eigenvalue weighted by Gasteiger charge is -2.17. The Bertz CT molecular complexity index is 619. The van der Waals surface area contributed by atoms with Crippen molar-refractivity contribution in [3.05, 3.63) is 70.5 Å². The second-order valence-corrected chi connectivity index (χ2v) is 5.07. The molecular weight excluding hydrogens is 293 g/mol. The van der Waals surface area contributed by atoms with Crippen molar-refractivity contribution in [3.8, 4) is 0 Å². The van der Waals surface area contributed by atoms with E-state index in [2.05, 4.69) is 5.32 Å². The molecule has 2 aromatic carbocycles. The summed E-state index contributed by atoms with van der Waals surface area (Å²) in [7, 11) is 0. The first kappa shape index (κ1) is 15.5. The average Bonchev–Trinajstić information content (AvgIpc) is 2.47. The van der Waals surface area contributed by atoms with Crippen molar-refractivity contribution in [1.29, 1.82) is 0 Å². The monoisotopic (exact) mass is 307 g/mol. The minimum Gasteiger partial charge on any atom is -0.394 e. The van der Waals surface area contributed by atoms with Crippen molar-refractivity contribution < 1.29 is 14.3 Å². The first-order valence-corrected chi connectivity index (χ1v) is 6.88. The summed E-state index contributed by atoms with van der Waals surface area (Å²) in [6.45, 7) is -0.195. The van der Waals surface area contributed by atoms with Crippen molar-refractivity contribution in [3.63, 3.8) is 0 Å². The normalized spacial score (nSPS) is 12.0. The number of hydrogen-bond acceptors (Lipinski definition) is 2. The molecule has 5 heteroatoms. The van der Waals surface area contributed by atoms with E-state index in [0.717, 1.165) is 11.6 Å². The van der Waals surface area contributed by atoms with Crippen LogP contribution >= 0.6 is 11.6 Å². The topological polar surface area (TPSA) is 49.3 Å².